The Morgan fingerprint density at radius 1 is 1.28 bits per heavy atom. The van der Waals surface area contributed by atoms with Crippen LogP contribution in [0, 0.1) is 0 Å². The van der Waals surface area contributed by atoms with Crippen LogP contribution in [-0.2, 0) is 10.0 Å². The van der Waals surface area contributed by atoms with Crippen LogP contribution in [0.25, 0.3) is 5.69 Å². The van der Waals surface area contributed by atoms with E-state index in [1.54, 1.807) is 13.2 Å². The summed E-state index contributed by atoms with van der Waals surface area (Å²) in [4.78, 5) is 2.37. The molecule has 9 heteroatoms. The molecule has 0 bridgehead atoms. The van der Waals surface area contributed by atoms with Crippen molar-refractivity contribution in [2.24, 2.45) is 0 Å². The lowest BCUT2D eigenvalue weighted by molar-refractivity contribution is 0.245. The van der Waals surface area contributed by atoms with Crippen LogP contribution in [0.4, 0.5) is 0 Å². The fourth-order valence-electron chi connectivity index (χ4n) is 2.75. The number of para-hydroxylation sites is 2. The van der Waals surface area contributed by atoms with Crippen molar-refractivity contribution < 1.29 is 13.2 Å². The minimum Gasteiger partial charge on any atom is -0.494 e. The maximum absolute atomic E-state index is 12.4. The highest BCUT2D eigenvalue weighted by Crippen LogP contribution is 2.22. The Kier molecular flexibility index (Phi) is 5.69. The van der Waals surface area contributed by atoms with Crippen molar-refractivity contribution in [3.05, 3.63) is 36.7 Å². The van der Waals surface area contributed by atoms with Crippen LogP contribution in [0.2, 0.25) is 0 Å². The van der Waals surface area contributed by atoms with Gasteiger partial charge < -0.3 is 10.1 Å². The van der Waals surface area contributed by atoms with Gasteiger partial charge in [0, 0.05) is 39.3 Å². The summed E-state index contributed by atoms with van der Waals surface area (Å²) in [6.45, 7) is 4.83. The Hall–Kier alpha value is -1.94. The maximum atomic E-state index is 12.4. The van der Waals surface area contributed by atoms with E-state index in [-0.39, 0.29) is 4.90 Å². The molecule has 1 aliphatic heterocycles. The van der Waals surface area contributed by atoms with E-state index < -0.39 is 10.0 Å². The van der Waals surface area contributed by atoms with Crippen LogP contribution >= 0.6 is 0 Å². The number of nitrogens with zero attached hydrogens (tertiary/aromatic N) is 3. The van der Waals surface area contributed by atoms with E-state index in [4.69, 9.17) is 4.74 Å². The van der Waals surface area contributed by atoms with Crippen molar-refractivity contribution >= 4 is 10.0 Å². The van der Waals surface area contributed by atoms with Gasteiger partial charge in [-0.25, -0.2) is 17.8 Å². The molecule has 1 saturated heterocycles. The largest absolute Gasteiger partial charge is 0.494 e. The minimum atomic E-state index is -3.58. The second kappa shape index (κ2) is 7.96. The van der Waals surface area contributed by atoms with Gasteiger partial charge in [-0.15, -0.1) is 0 Å². The Morgan fingerprint density at radius 3 is 2.80 bits per heavy atom. The number of nitrogens with one attached hydrogen (secondary N) is 2. The number of benzene rings is 1. The summed E-state index contributed by atoms with van der Waals surface area (Å²) in [6.07, 6.45) is 2.84. The Morgan fingerprint density at radius 2 is 2.04 bits per heavy atom. The Balaban J connectivity index is 1.65. The van der Waals surface area contributed by atoms with Crippen molar-refractivity contribution in [2.75, 3.05) is 46.4 Å². The topological polar surface area (TPSA) is 88.5 Å². The van der Waals surface area contributed by atoms with Crippen LogP contribution in [0.15, 0.2) is 41.6 Å². The fourth-order valence-corrected chi connectivity index (χ4v) is 3.70. The smallest absolute Gasteiger partial charge is 0.243 e. The van der Waals surface area contributed by atoms with Gasteiger partial charge in [0.05, 0.1) is 19.5 Å². The number of methoxy groups -OCH3 is 1. The van der Waals surface area contributed by atoms with Crippen molar-refractivity contribution in [1.29, 1.82) is 0 Å². The molecule has 8 nitrogen and oxygen atoms in total. The molecule has 0 saturated carbocycles. The Bertz CT molecular complexity index is 800. The number of aromatic nitrogens is 2. The molecule has 0 unspecified atom stereocenters. The predicted molar refractivity (Wildman–Crippen MR) is 94.6 cm³/mol. The molecule has 1 aliphatic rings. The van der Waals surface area contributed by atoms with E-state index in [1.807, 2.05) is 18.2 Å². The summed E-state index contributed by atoms with van der Waals surface area (Å²) < 4.78 is 34.3. The first-order chi connectivity index (χ1) is 12.1. The molecule has 136 valence electrons. The number of hydrogen-bond donors (Lipinski definition) is 2. The van der Waals surface area contributed by atoms with E-state index in [0.717, 1.165) is 26.2 Å². The zero-order chi connectivity index (χ0) is 17.7. The monoisotopic (exact) mass is 365 g/mol. The molecule has 1 aromatic heterocycles. The molecule has 25 heavy (non-hydrogen) atoms. The fraction of sp³-hybridized carbons (Fsp3) is 0.438. The van der Waals surface area contributed by atoms with Gasteiger partial charge in [-0.1, -0.05) is 12.1 Å². The third-order valence-electron chi connectivity index (χ3n) is 4.13. The first-order valence-electron chi connectivity index (χ1n) is 8.21. The van der Waals surface area contributed by atoms with Crippen LogP contribution < -0.4 is 14.8 Å². The lowest BCUT2D eigenvalue weighted by Gasteiger charge is -2.26. The first-order valence-corrected chi connectivity index (χ1v) is 9.69. The molecule has 2 heterocycles. The van der Waals surface area contributed by atoms with Crippen LogP contribution in [0.5, 0.6) is 5.75 Å². The van der Waals surface area contributed by atoms with E-state index in [0.29, 0.717) is 24.5 Å². The van der Waals surface area contributed by atoms with Gasteiger partial charge in [-0.05, 0) is 12.1 Å². The highest BCUT2D eigenvalue weighted by Gasteiger charge is 2.18. The highest BCUT2D eigenvalue weighted by atomic mass is 32.2. The molecule has 0 amide bonds. The molecular formula is C16H23N5O3S. The van der Waals surface area contributed by atoms with Crippen LogP contribution in [-0.4, -0.2) is 69.5 Å². The maximum Gasteiger partial charge on any atom is 0.243 e. The molecular weight excluding hydrogens is 342 g/mol. The second-order valence-corrected chi connectivity index (χ2v) is 7.55. The van der Waals surface area contributed by atoms with Crippen molar-refractivity contribution in [3.8, 4) is 11.4 Å². The molecule has 1 aromatic carbocycles. The van der Waals surface area contributed by atoms with Gasteiger partial charge in [0.2, 0.25) is 10.0 Å². The first kappa shape index (κ1) is 17.9. The minimum absolute atomic E-state index is 0.138. The molecule has 1 fully saturated rings. The molecule has 2 N–H and O–H groups in total. The number of ether oxygens (including phenoxy) is 1. The lowest BCUT2D eigenvalue weighted by Crippen LogP contribution is -2.46. The molecule has 0 radical (unpaired) electrons. The van der Waals surface area contributed by atoms with Crippen LogP contribution in [0.1, 0.15) is 0 Å². The molecule has 0 spiro atoms. The second-order valence-electron chi connectivity index (χ2n) is 5.78. The summed E-state index contributed by atoms with van der Waals surface area (Å²) in [5, 5.41) is 7.43. The average Bonchev–Trinajstić information content (AvgIpc) is 3.13. The normalized spacial score (nSPS) is 16.0. The highest BCUT2D eigenvalue weighted by molar-refractivity contribution is 7.89. The van der Waals surface area contributed by atoms with Gasteiger partial charge in [-0.3, -0.25) is 4.90 Å². The third-order valence-corrected chi connectivity index (χ3v) is 5.55. The van der Waals surface area contributed by atoms with Crippen LogP contribution in [0.3, 0.4) is 0 Å². The summed E-state index contributed by atoms with van der Waals surface area (Å²) in [5.41, 5.74) is 0.687. The quantitative estimate of drug-likeness (QED) is 0.722. The SMILES string of the molecule is COc1ccccc1-n1cc(S(=O)(=O)NCCN2CCNCC2)cn1. The number of hydrogen-bond acceptors (Lipinski definition) is 6. The van der Waals surface area contributed by atoms with Gasteiger partial charge in [-0.2, -0.15) is 5.10 Å². The number of sulfonamides is 1. The summed E-state index contributed by atoms with van der Waals surface area (Å²) >= 11 is 0. The van der Waals surface area contributed by atoms with E-state index in [1.165, 1.54) is 17.1 Å². The number of rotatable bonds is 7. The number of piperazine rings is 1. The summed E-state index contributed by atoms with van der Waals surface area (Å²) in [6, 6.07) is 7.32. The summed E-state index contributed by atoms with van der Waals surface area (Å²) in [5.74, 6) is 0.626. The Labute approximate surface area is 147 Å². The standard InChI is InChI=1S/C16H23N5O3S/c1-24-16-5-3-2-4-15(16)21-13-14(12-18-21)25(22,23)19-8-11-20-9-6-17-7-10-20/h2-5,12-13,17,19H,6-11H2,1H3. The van der Waals surface area contributed by atoms with Crippen molar-refractivity contribution in [2.45, 2.75) is 4.90 Å². The van der Waals surface area contributed by atoms with Crippen molar-refractivity contribution in [1.82, 2.24) is 24.7 Å². The predicted octanol–water partition coefficient (Wildman–Crippen LogP) is 0.0644. The molecule has 0 atom stereocenters. The van der Waals surface area contributed by atoms with Gasteiger partial charge in [0.15, 0.2) is 0 Å². The zero-order valence-corrected chi connectivity index (χ0v) is 15.0. The van der Waals surface area contributed by atoms with Gasteiger partial charge in [0.1, 0.15) is 16.3 Å². The zero-order valence-electron chi connectivity index (χ0n) is 14.2. The van der Waals surface area contributed by atoms with Gasteiger partial charge >= 0.3 is 0 Å². The van der Waals surface area contributed by atoms with E-state index >= 15 is 0 Å². The molecule has 2 aromatic rings. The summed E-state index contributed by atoms with van der Waals surface area (Å²) in [7, 11) is -2.02. The van der Waals surface area contributed by atoms with E-state index in [9.17, 15) is 8.42 Å². The lowest BCUT2D eigenvalue weighted by atomic mass is 10.3. The molecule has 0 aliphatic carbocycles. The molecule has 3 rings (SSSR count). The van der Waals surface area contributed by atoms with Gasteiger partial charge in [0.25, 0.3) is 0 Å². The average molecular weight is 365 g/mol. The van der Waals surface area contributed by atoms with E-state index in [2.05, 4.69) is 20.0 Å². The van der Waals surface area contributed by atoms with Crippen molar-refractivity contribution in [3.63, 3.8) is 0 Å². The third kappa shape index (κ3) is 4.37.